The molecule has 0 atom stereocenters. The first kappa shape index (κ1) is 18.0. The molecule has 2 aromatic heterocycles. The number of para-hydroxylation sites is 2. The van der Waals surface area contributed by atoms with Gasteiger partial charge in [-0.3, -0.25) is 9.20 Å². The van der Waals surface area contributed by atoms with Gasteiger partial charge in [0.25, 0.3) is 0 Å². The summed E-state index contributed by atoms with van der Waals surface area (Å²) in [5, 5.41) is 10.9. The van der Waals surface area contributed by atoms with Crippen molar-refractivity contribution in [3.05, 3.63) is 48.5 Å². The van der Waals surface area contributed by atoms with E-state index in [1.54, 1.807) is 0 Å². The molecule has 3 heterocycles. The summed E-state index contributed by atoms with van der Waals surface area (Å²) in [6.07, 6.45) is 0. The molecule has 0 radical (unpaired) electrons. The topological polar surface area (TPSA) is 87.5 Å². The summed E-state index contributed by atoms with van der Waals surface area (Å²) in [7, 11) is 0. The number of morpholine rings is 1. The fraction of sp³-hybridized carbons (Fsp3) is 0.250. The van der Waals surface area contributed by atoms with Crippen molar-refractivity contribution in [2.75, 3.05) is 42.3 Å². The highest BCUT2D eigenvalue weighted by Crippen LogP contribution is 2.23. The zero-order chi connectivity index (χ0) is 19.6. The van der Waals surface area contributed by atoms with Crippen LogP contribution in [0.3, 0.4) is 0 Å². The first-order valence-corrected chi connectivity index (χ1v) is 10.4. The molecular weight excluding hydrogens is 388 g/mol. The molecule has 8 nitrogen and oxygen atoms in total. The SMILES string of the molecule is O=C(CSc1n[nH]c2nc3ccccc3n12)Nc1ccc(N2CCOCC2)cc1. The van der Waals surface area contributed by atoms with Gasteiger partial charge in [0.15, 0.2) is 5.16 Å². The molecule has 2 aromatic carbocycles. The number of aromatic amines is 1. The van der Waals surface area contributed by atoms with Gasteiger partial charge >= 0.3 is 0 Å². The van der Waals surface area contributed by atoms with E-state index < -0.39 is 0 Å². The predicted octanol–water partition coefficient (Wildman–Crippen LogP) is 2.78. The molecule has 1 aliphatic rings. The quantitative estimate of drug-likeness (QED) is 0.494. The molecule has 1 aliphatic heterocycles. The van der Waals surface area contributed by atoms with Crippen LogP contribution in [-0.2, 0) is 9.53 Å². The van der Waals surface area contributed by atoms with Crippen molar-refractivity contribution < 1.29 is 9.53 Å². The summed E-state index contributed by atoms with van der Waals surface area (Å²) in [4.78, 5) is 19.2. The van der Waals surface area contributed by atoms with Crippen molar-refractivity contribution in [3.8, 4) is 0 Å². The Morgan fingerprint density at radius 1 is 1.14 bits per heavy atom. The van der Waals surface area contributed by atoms with Crippen molar-refractivity contribution in [3.63, 3.8) is 0 Å². The highest BCUT2D eigenvalue weighted by molar-refractivity contribution is 7.99. The maximum Gasteiger partial charge on any atom is 0.234 e. The fourth-order valence-electron chi connectivity index (χ4n) is 3.44. The lowest BCUT2D eigenvalue weighted by atomic mass is 10.2. The van der Waals surface area contributed by atoms with Crippen LogP contribution in [-0.4, -0.2) is 57.5 Å². The zero-order valence-corrected chi connectivity index (χ0v) is 16.5. The summed E-state index contributed by atoms with van der Waals surface area (Å²) in [6.45, 7) is 3.29. The Morgan fingerprint density at radius 2 is 1.93 bits per heavy atom. The third-order valence-corrected chi connectivity index (χ3v) is 5.80. The van der Waals surface area contributed by atoms with Gasteiger partial charge in [-0.25, -0.2) is 10.1 Å². The summed E-state index contributed by atoms with van der Waals surface area (Å²) >= 11 is 1.38. The molecule has 0 bridgehead atoms. The summed E-state index contributed by atoms with van der Waals surface area (Å²) in [5.41, 5.74) is 3.80. The number of ether oxygens (including phenoxy) is 1. The third-order valence-electron chi connectivity index (χ3n) is 4.86. The number of anilines is 2. The average molecular weight is 408 g/mol. The van der Waals surface area contributed by atoms with Crippen LogP contribution in [0, 0.1) is 0 Å². The number of carbonyl (C=O) groups is 1. The van der Waals surface area contributed by atoms with E-state index in [4.69, 9.17) is 4.74 Å². The number of rotatable bonds is 5. The minimum absolute atomic E-state index is 0.0744. The van der Waals surface area contributed by atoms with E-state index in [-0.39, 0.29) is 11.7 Å². The highest BCUT2D eigenvalue weighted by atomic mass is 32.2. The second-order valence-electron chi connectivity index (χ2n) is 6.75. The minimum atomic E-state index is -0.0744. The Bertz CT molecular complexity index is 1150. The molecule has 4 aromatic rings. The minimum Gasteiger partial charge on any atom is -0.378 e. The van der Waals surface area contributed by atoms with E-state index in [2.05, 4.69) is 25.4 Å². The van der Waals surface area contributed by atoms with Gasteiger partial charge in [-0.2, -0.15) is 0 Å². The smallest absolute Gasteiger partial charge is 0.234 e. The predicted molar refractivity (Wildman–Crippen MR) is 114 cm³/mol. The van der Waals surface area contributed by atoms with Crippen LogP contribution in [0.1, 0.15) is 0 Å². The molecule has 0 spiro atoms. The maximum absolute atomic E-state index is 12.4. The Hall–Kier alpha value is -3.04. The van der Waals surface area contributed by atoms with Crippen LogP contribution in [0.4, 0.5) is 11.4 Å². The molecule has 148 valence electrons. The number of amides is 1. The van der Waals surface area contributed by atoms with Crippen LogP contribution < -0.4 is 10.2 Å². The molecular formula is C20H20N6O2S. The van der Waals surface area contributed by atoms with Crippen LogP contribution in [0.15, 0.2) is 53.7 Å². The van der Waals surface area contributed by atoms with Crippen molar-refractivity contribution in [1.29, 1.82) is 0 Å². The summed E-state index contributed by atoms with van der Waals surface area (Å²) in [6, 6.07) is 15.8. The Labute approximate surface area is 171 Å². The second kappa shape index (κ2) is 7.76. The van der Waals surface area contributed by atoms with E-state index in [0.717, 1.165) is 48.7 Å². The number of imidazole rings is 1. The van der Waals surface area contributed by atoms with Crippen molar-refractivity contribution in [2.24, 2.45) is 0 Å². The molecule has 0 aliphatic carbocycles. The average Bonchev–Trinajstić information content (AvgIpc) is 3.33. The lowest BCUT2D eigenvalue weighted by Gasteiger charge is -2.28. The number of benzene rings is 2. The molecule has 1 saturated heterocycles. The van der Waals surface area contributed by atoms with Gasteiger partial charge in [0.2, 0.25) is 11.7 Å². The lowest BCUT2D eigenvalue weighted by molar-refractivity contribution is -0.113. The number of nitrogens with one attached hydrogen (secondary N) is 2. The van der Waals surface area contributed by atoms with Crippen LogP contribution in [0.25, 0.3) is 16.8 Å². The molecule has 1 fully saturated rings. The van der Waals surface area contributed by atoms with E-state index >= 15 is 0 Å². The fourth-order valence-corrected chi connectivity index (χ4v) is 4.20. The van der Waals surface area contributed by atoms with Gasteiger partial charge in [-0.15, -0.1) is 5.10 Å². The van der Waals surface area contributed by atoms with E-state index in [0.29, 0.717) is 10.9 Å². The standard InChI is InChI=1S/C20H20N6O2S/c27-18(21-14-5-7-15(8-6-14)25-9-11-28-12-10-25)13-29-20-24-23-19-22-16-3-1-2-4-17(16)26(19)20/h1-8H,9-13H2,(H,21,27)(H,22,23). The van der Waals surface area contributed by atoms with Crippen LogP contribution in [0.2, 0.25) is 0 Å². The first-order chi connectivity index (χ1) is 14.3. The van der Waals surface area contributed by atoms with Gasteiger partial charge < -0.3 is 15.0 Å². The number of aromatic nitrogens is 4. The number of nitrogens with zero attached hydrogens (tertiary/aromatic N) is 4. The molecule has 9 heteroatoms. The van der Waals surface area contributed by atoms with Crippen molar-refractivity contribution in [1.82, 2.24) is 19.6 Å². The zero-order valence-electron chi connectivity index (χ0n) is 15.7. The lowest BCUT2D eigenvalue weighted by Crippen LogP contribution is -2.36. The monoisotopic (exact) mass is 408 g/mol. The maximum atomic E-state index is 12.4. The van der Waals surface area contributed by atoms with Gasteiger partial charge in [-0.1, -0.05) is 23.9 Å². The number of carbonyl (C=O) groups excluding carboxylic acids is 1. The van der Waals surface area contributed by atoms with Crippen LogP contribution in [0.5, 0.6) is 0 Å². The molecule has 5 rings (SSSR count). The van der Waals surface area contributed by atoms with Crippen molar-refractivity contribution in [2.45, 2.75) is 5.16 Å². The summed E-state index contributed by atoms with van der Waals surface area (Å²) < 4.78 is 7.32. The van der Waals surface area contributed by atoms with E-state index in [9.17, 15) is 4.79 Å². The Morgan fingerprint density at radius 3 is 2.76 bits per heavy atom. The molecule has 0 saturated carbocycles. The van der Waals surface area contributed by atoms with Gasteiger partial charge in [0.05, 0.1) is 30.0 Å². The second-order valence-corrected chi connectivity index (χ2v) is 7.69. The van der Waals surface area contributed by atoms with E-state index in [1.807, 2.05) is 52.9 Å². The molecule has 1 amide bonds. The van der Waals surface area contributed by atoms with Crippen LogP contribution >= 0.6 is 11.8 Å². The van der Waals surface area contributed by atoms with Gasteiger partial charge in [-0.05, 0) is 36.4 Å². The van der Waals surface area contributed by atoms with Crippen molar-refractivity contribution >= 4 is 45.9 Å². The van der Waals surface area contributed by atoms with E-state index in [1.165, 1.54) is 11.8 Å². The Balaban J connectivity index is 1.23. The number of hydrogen-bond donors (Lipinski definition) is 2. The third kappa shape index (κ3) is 3.66. The molecule has 29 heavy (non-hydrogen) atoms. The first-order valence-electron chi connectivity index (χ1n) is 9.45. The highest BCUT2D eigenvalue weighted by Gasteiger charge is 2.14. The number of hydrogen-bond acceptors (Lipinski definition) is 6. The van der Waals surface area contributed by atoms with Gasteiger partial charge in [0, 0.05) is 24.5 Å². The Kier molecular flexibility index (Phi) is 4.82. The number of fused-ring (bicyclic) bond motifs is 3. The molecule has 0 unspecified atom stereocenters. The summed E-state index contributed by atoms with van der Waals surface area (Å²) in [5.74, 6) is 0.861. The largest absolute Gasteiger partial charge is 0.378 e. The normalized spacial score (nSPS) is 14.6. The number of H-pyrrole nitrogens is 1. The van der Waals surface area contributed by atoms with Gasteiger partial charge in [0.1, 0.15) is 0 Å². The molecule has 2 N–H and O–H groups in total. The number of thioether (sulfide) groups is 1.